The number of H-pyrrole nitrogens is 1. The van der Waals surface area contributed by atoms with Crippen LogP contribution in [-0.4, -0.2) is 21.6 Å². The molecule has 0 aliphatic carbocycles. The minimum atomic E-state index is -0.494. The van der Waals surface area contributed by atoms with Crippen LogP contribution < -0.4 is 5.32 Å². The first-order valence-corrected chi connectivity index (χ1v) is 7.56. The fourth-order valence-electron chi connectivity index (χ4n) is 2.85. The fourth-order valence-corrected chi connectivity index (χ4v) is 2.85. The summed E-state index contributed by atoms with van der Waals surface area (Å²) in [7, 11) is 0. The lowest BCUT2D eigenvalue weighted by Gasteiger charge is -2.05. The molecule has 3 aromatic rings. The van der Waals surface area contributed by atoms with Gasteiger partial charge in [0.15, 0.2) is 5.78 Å². The average molecular weight is 337 g/mol. The predicted molar refractivity (Wildman–Crippen MR) is 93.9 cm³/mol. The summed E-state index contributed by atoms with van der Waals surface area (Å²) in [5.74, 6) is -0.519. The van der Waals surface area contributed by atoms with E-state index in [0.717, 1.165) is 0 Å². The molecule has 7 nitrogen and oxygen atoms in total. The number of hydrogen-bond donors (Lipinski definition) is 2. The summed E-state index contributed by atoms with van der Waals surface area (Å²) in [4.78, 5) is 37.8. The van der Waals surface area contributed by atoms with E-state index in [0.29, 0.717) is 27.8 Å². The molecule has 1 heterocycles. The Balaban J connectivity index is 2.09. The lowest BCUT2D eigenvalue weighted by molar-refractivity contribution is -0.383. The molecule has 0 fully saturated rings. The number of rotatable bonds is 4. The molecule has 2 N–H and O–H groups in total. The van der Waals surface area contributed by atoms with Crippen molar-refractivity contribution in [2.24, 2.45) is 0 Å². The highest BCUT2D eigenvalue weighted by Gasteiger charge is 2.24. The number of benzene rings is 2. The molecule has 7 heteroatoms. The summed E-state index contributed by atoms with van der Waals surface area (Å²) in [5.41, 5.74) is 2.25. The van der Waals surface area contributed by atoms with E-state index in [-0.39, 0.29) is 22.9 Å². The van der Waals surface area contributed by atoms with Crippen molar-refractivity contribution in [2.75, 3.05) is 5.32 Å². The Labute approximate surface area is 142 Å². The second-order valence-electron chi connectivity index (χ2n) is 5.67. The van der Waals surface area contributed by atoms with Crippen molar-refractivity contribution in [1.29, 1.82) is 0 Å². The van der Waals surface area contributed by atoms with Crippen molar-refractivity contribution in [3.05, 3.63) is 69.4 Å². The van der Waals surface area contributed by atoms with Crippen molar-refractivity contribution >= 4 is 34.0 Å². The van der Waals surface area contributed by atoms with Gasteiger partial charge in [0.2, 0.25) is 5.91 Å². The summed E-state index contributed by atoms with van der Waals surface area (Å²) in [6, 6.07) is 11.1. The normalized spacial score (nSPS) is 10.6. The number of carbonyl (C=O) groups is 2. The van der Waals surface area contributed by atoms with Crippen molar-refractivity contribution in [2.45, 2.75) is 13.8 Å². The van der Waals surface area contributed by atoms with E-state index in [1.165, 1.54) is 13.0 Å². The molecule has 0 atom stereocenters. The Morgan fingerprint density at radius 3 is 2.40 bits per heavy atom. The molecule has 0 unspecified atom stereocenters. The number of nitrogens with one attached hydrogen (secondary N) is 2. The molecule has 1 aromatic heterocycles. The van der Waals surface area contributed by atoms with Gasteiger partial charge in [-0.25, -0.2) is 0 Å². The summed E-state index contributed by atoms with van der Waals surface area (Å²) < 4.78 is 0. The van der Waals surface area contributed by atoms with Gasteiger partial charge in [0.05, 0.1) is 21.4 Å². The van der Waals surface area contributed by atoms with Gasteiger partial charge in [-0.1, -0.05) is 6.07 Å². The zero-order chi connectivity index (χ0) is 18.1. The zero-order valence-electron chi connectivity index (χ0n) is 13.6. The number of amides is 1. The maximum Gasteiger partial charge on any atom is 0.279 e. The first-order valence-electron chi connectivity index (χ1n) is 7.56. The number of carbonyl (C=O) groups excluding carboxylic acids is 2. The average Bonchev–Trinajstić information content (AvgIpc) is 2.89. The van der Waals surface area contributed by atoms with E-state index < -0.39 is 4.92 Å². The molecule has 25 heavy (non-hydrogen) atoms. The molecule has 2 aromatic carbocycles. The fraction of sp³-hybridized carbons (Fsp3) is 0.111. The third kappa shape index (κ3) is 2.99. The third-order valence-corrected chi connectivity index (χ3v) is 3.88. The van der Waals surface area contributed by atoms with Crippen molar-refractivity contribution < 1.29 is 14.5 Å². The Morgan fingerprint density at radius 2 is 1.80 bits per heavy atom. The molecule has 0 saturated heterocycles. The molecule has 3 rings (SSSR count). The Hall–Kier alpha value is -3.48. The minimum absolute atomic E-state index is 0.111. The first kappa shape index (κ1) is 16.4. The smallest absolute Gasteiger partial charge is 0.279 e. The number of nitro groups is 1. The second-order valence-corrected chi connectivity index (χ2v) is 5.67. The Morgan fingerprint density at radius 1 is 1.12 bits per heavy atom. The summed E-state index contributed by atoms with van der Waals surface area (Å²) in [6.07, 6.45) is 0. The van der Waals surface area contributed by atoms with Crippen LogP contribution in [0.15, 0.2) is 42.5 Å². The van der Waals surface area contributed by atoms with Gasteiger partial charge < -0.3 is 10.3 Å². The number of anilines is 1. The van der Waals surface area contributed by atoms with Crippen molar-refractivity contribution in [1.82, 2.24) is 4.98 Å². The number of ketones is 1. The molecule has 0 saturated carbocycles. The van der Waals surface area contributed by atoms with E-state index >= 15 is 0 Å². The van der Waals surface area contributed by atoms with Crippen LogP contribution in [0, 0.1) is 17.0 Å². The van der Waals surface area contributed by atoms with E-state index in [4.69, 9.17) is 0 Å². The number of aryl methyl sites for hydroxylation is 1. The first-order chi connectivity index (χ1) is 11.9. The van der Waals surface area contributed by atoms with E-state index in [1.54, 1.807) is 43.3 Å². The van der Waals surface area contributed by atoms with Gasteiger partial charge in [0.1, 0.15) is 0 Å². The van der Waals surface area contributed by atoms with Gasteiger partial charge in [-0.3, -0.25) is 19.7 Å². The second kappa shape index (κ2) is 6.20. The van der Waals surface area contributed by atoms with Crippen LogP contribution in [-0.2, 0) is 4.79 Å². The van der Waals surface area contributed by atoms with Crippen LogP contribution in [0.5, 0.6) is 0 Å². The third-order valence-electron chi connectivity index (χ3n) is 3.88. The Bertz CT molecular complexity index is 1000. The topological polar surface area (TPSA) is 105 Å². The van der Waals surface area contributed by atoms with Gasteiger partial charge in [-0.15, -0.1) is 0 Å². The van der Waals surface area contributed by atoms with Crippen LogP contribution >= 0.6 is 0 Å². The van der Waals surface area contributed by atoms with Crippen LogP contribution in [0.25, 0.3) is 10.9 Å². The number of nitro benzene ring substituents is 1. The monoisotopic (exact) mass is 337 g/mol. The van der Waals surface area contributed by atoms with Crippen LogP contribution in [0.4, 0.5) is 11.4 Å². The van der Waals surface area contributed by atoms with Crippen LogP contribution in [0.3, 0.4) is 0 Å². The predicted octanol–water partition coefficient (Wildman–Crippen LogP) is 3.57. The molecule has 0 aliphatic rings. The summed E-state index contributed by atoms with van der Waals surface area (Å²) in [5, 5.41) is 14.3. The molecular formula is C18H15N3O4. The highest BCUT2D eigenvalue weighted by molar-refractivity contribution is 6.19. The zero-order valence-corrected chi connectivity index (χ0v) is 13.6. The molecule has 0 aliphatic heterocycles. The van der Waals surface area contributed by atoms with Crippen LogP contribution in [0.1, 0.15) is 28.5 Å². The van der Waals surface area contributed by atoms with Gasteiger partial charge in [0.25, 0.3) is 5.69 Å². The lowest BCUT2D eigenvalue weighted by atomic mass is 9.99. The summed E-state index contributed by atoms with van der Waals surface area (Å²) >= 11 is 0. The highest BCUT2D eigenvalue weighted by Crippen LogP contribution is 2.32. The summed E-state index contributed by atoms with van der Waals surface area (Å²) in [6.45, 7) is 3.11. The van der Waals surface area contributed by atoms with Crippen molar-refractivity contribution in [3.8, 4) is 0 Å². The number of fused-ring (bicyclic) bond motifs is 1. The maximum atomic E-state index is 12.9. The number of nitrogens with zero attached hydrogens (tertiary/aromatic N) is 1. The molecule has 0 spiro atoms. The number of hydrogen-bond acceptors (Lipinski definition) is 4. The van der Waals surface area contributed by atoms with E-state index in [2.05, 4.69) is 10.3 Å². The van der Waals surface area contributed by atoms with E-state index in [9.17, 15) is 19.7 Å². The number of aromatic nitrogens is 1. The number of aromatic amines is 1. The molecular weight excluding hydrogens is 322 g/mol. The van der Waals surface area contributed by atoms with Gasteiger partial charge in [-0.05, 0) is 37.3 Å². The van der Waals surface area contributed by atoms with Gasteiger partial charge >= 0.3 is 0 Å². The van der Waals surface area contributed by atoms with Crippen molar-refractivity contribution in [3.63, 3.8) is 0 Å². The highest BCUT2D eigenvalue weighted by atomic mass is 16.6. The number of non-ortho nitro benzene ring substituents is 1. The Kier molecular flexibility index (Phi) is 4.06. The quantitative estimate of drug-likeness (QED) is 0.431. The SMILES string of the molecule is CC(=O)Nc1ccc(C(=O)c2c(C)[nH]c3cccc([N+](=O)[O-])c23)cc1. The van der Waals surface area contributed by atoms with Gasteiger partial charge in [0, 0.05) is 29.9 Å². The van der Waals surface area contributed by atoms with E-state index in [1.807, 2.05) is 0 Å². The maximum absolute atomic E-state index is 12.9. The lowest BCUT2D eigenvalue weighted by Crippen LogP contribution is -2.07. The largest absolute Gasteiger partial charge is 0.358 e. The molecule has 126 valence electrons. The molecule has 0 bridgehead atoms. The molecule has 0 radical (unpaired) electrons. The van der Waals surface area contributed by atoms with Gasteiger partial charge in [-0.2, -0.15) is 0 Å². The standard InChI is InChI=1S/C18H15N3O4/c1-10-16(17-14(19-10)4-3-5-15(17)21(24)25)18(23)12-6-8-13(9-7-12)20-11(2)22/h3-9,19H,1-2H3,(H,20,22). The van der Waals surface area contributed by atoms with Crippen LogP contribution in [0.2, 0.25) is 0 Å². The molecule has 1 amide bonds. The minimum Gasteiger partial charge on any atom is -0.358 e.